The van der Waals surface area contributed by atoms with Crippen LogP contribution >= 0.6 is 0 Å². The molecule has 0 spiro atoms. The van der Waals surface area contributed by atoms with Gasteiger partial charge in [0.05, 0.1) is 12.6 Å². The molecule has 4 atom stereocenters. The van der Waals surface area contributed by atoms with Gasteiger partial charge in [-0.15, -0.1) is 0 Å². The second kappa shape index (κ2) is 7.99. The van der Waals surface area contributed by atoms with E-state index < -0.39 is 41.0 Å². The molecule has 0 saturated carbocycles. The van der Waals surface area contributed by atoms with Crippen LogP contribution in [-0.4, -0.2) is 57.5 Å². The van der Waals surface area contributed by atoms with E-state index in [-0.39, 0.29) is 19.4 Å². The van der Waals surface area contributed by atoms with Gasteiger partial charge in [0.2, 0.25) is 6.04 Å². The normalized spacial score (nSPS) is 22.7. The molecule has 1 heterocycles. The summed E-state index contributed by atoms with van der Waals surface area (Å²) in [7, 11) is 0. The summed E-state index contributed by atoms with van der Waals surface area (Å²) in [4.78, 5) is 24.3. The number of hydrogen-bond donors (Lipinski definition) is 1. The molecule has 1 aliphatic rings. The lowest BCUT2D eigenvalue weighted by Gasteiger charge is -2.31. The van der Waals surface area contributed by atoms with Crippen molar-refractivity contribution >= 4 is 6.09 Å². The van der Waals surface area contributed by atoms with Crippen LogP contribution in [0.25, 0.3) is 0 Å². The van der Waals surface area contributed by atoms with Crippen molar-refractivity contribution in [2.75, 3.05) is 6.54 Å². The quantitative estimate of drug-likeness (QED) is 0.637. The molecule has 1 N–H and O–H groups in total. The fraction of sp³-hybridized carbons (Fsp3) is 0.611. The molecule has 0 bridgehead atoms. The SMILES string of the molecule is CC(C)(C)OC(=O)N1CC(F)CC1[C@@H](O)[C@H](Cc1ccccc1)[N+](=O)[O-]. The third kappa shape index (κ3) is 5.14. The first kappa shape index (κ1) is 20.1. The van der Waals surface area contributed by atoms with Gasteiger partial charge in [-0.2, -0.15) is 0 Å². The van der Waals surface area contributed by atoms with Crippen LogP contribution in [0.1, 0.15) is 32.8 Å². The Labute approximate surface area is 151 Å². The zero-order valence-corrected chi connectivity index (χ0v) is 15.2. The first-order chi connectivity index (χ1) is 12.1. The van der Waals surface area contributed by atoms with Gasteiger partial charge in [0, 0.05) is 17.8 Å². The van der Waals surface area contributed by atoms with Crippen molar-refractivity contribution in [3.63, 3.8) is 0 Å². The lowest BCUT2D eigenvalue weighted by Crippen LogP contribution is -2.51. The molecule has 0 radical (unpaired) electrons. The highest BCUT2D eigenvalue weighted by molar-refractivity contribution is 5.69. The number of hydrogen-bond acceptors (Lipinski definition) is 5. The number of ether oxygens (including phenoxy) is 1. The van der Waals surface area contributed by atoms with E-state index in [0.717, 1.165) is 4.90 Å². The lowest BCUT2D eigenvalue weighted by atomic mass is 9.95. The number of carbonyl (C=O) groups excluding carboxylic acids is 1. The molecule has 26 heavy (non-hydrogen) atoms. The van der Waals surface area contributed by atoms with Gasteiger partial charge in [-0.05, 0) is 26.3 Å². The highest BCUT2D eigenvalue weighted by Crippen LogP contribution is 2.28. The summed E-state index contributed by atoms with van der Waals surface area (Å²) in [6, 6.07) is 6.38. The number of aliphatic hydroxyl groups excluding tert-OH is 1. The topological polar surface area (TPSA) is 92.9 Å². The summed E-state index contributed by atoms with van der Waals surface area (Å²) in [6.07, 6.45) is -3.79. The van der Waals surface area contributed by atoms with Crippen LogP contribution in [0.15, 0.2) is 30.3 Å². The predicted octanol–water partition coefficient (Wildman–Crippen LogP) is 2.58. The predicted molar refractivity (Wildman–Crippen MR) is 93.2 cm³/mol. The first-order valence-electron chi connectivity index (χ1n) is 8.57. The smallest absolute Gasteiger partial charge is 0.410 e. The molecule has 1 aromatic rings. The molecular weight excluding hydrogens is 343 g/mol. The van der Waals surface area contributed by atoms with Gasteiger partial charge in [-0.3, -0.25) is 15.0 Å². The molecule has 1 fully saturated rings. The molecule has 7 nitrogen and oxygen atoms in total. The summed E-state index contributed by atoms with van der Waals surface area (Å²) >= 11 is 0. The Morgan fingerprint density at radius 2 is 2.04 bits per heavy atom. The minimum atomic E-state index is -1.50. The number of carbonyl (C=O) groups is 1. The molecule has 1 saturated heterocycles. The standard InChI is InChI=1S/C18H25FN2O5/c1-18(2,3)26-17(23)20-11-13(19)10-14(20)16(22)15(21(24)25)9-12-7-5-4-6-8-12/h4-8,13-16,22H,9-11H2,1-3H3/t13?,14?,15-,16+/m0/s1. The summed E-state index contributed by atoms with van der Waals surface area (Å²) in [5.74, 6) is 0. The maximum absolute atomic E-state index is 13.9. The molecule has 1 aromatic carbocycles. The van der Waals surface area contributed by atoms with Crippen molar-refractivity contribution in [2.45, 2.75) is 63.6 Å². The van der Waals surface area contributed by atoms with Crippen LogP contribution in [0.2, 0.25) is 0 Å². The van der Waals surface area contributed by atoms with E-state index in [1.165, 1.54) is 0 Å². The third-order valence-electron chi connectivity index (χ3n) is 4.27. The van der Waals surface area contributed by atoms with E-state index >= 15 is 0 Å². The molecule has 144 valence electrons. The van der Waals surface area contributed by atoms with Crippen LogP contribution in [0.5, 0.6) is 0 Å². The average molecular weight is 368 g/mol. The minimum absolute atomic E-state index is 0.00931. The summed E-state index contributed by atoms with van der Waals surface area (Å²) in [5, 5.41) is 22.1. The Hall–Kier alpha value is -2.22. The van der Waals surface area contributed by atoms with Crippen molar-refractivity contribution < 1.29 is 24.0 Å². The summed E-state index contributed by atoms with van der Waals surface area (Å²) in [6.45, 7) is 4.78. The van der Waals surface area contributed by atoms with E-state index in [1.807, 2.05) is 0 Å². The molecule has 2 rings (SSSR count). The van der Waals surface area contributed by atoms with Gasteiger partial charge in [-0.1, -0.05) is 30.3 Å². The van der Waals surface area contributed by atoms with Crippen LogP contribution < -0.4 is 0 Å². The van der Waals surface area contributed by atoms with Gasteiger partial charge in [0.1, 0.15) is 17.9 Å². The number of amides is 1. The third-order valence-corrected chi connectivity index (χ3v) is 4.27. The highest BCUT2D eigenvalue weighted by Gasteiger charge is 2.47. The number of aliphatic hydroxyl groups is 1. The zero-order valence-electron chi connectivity index (χ0n) is 15.2. The number of alkyl halides is 1. The maximum Gasteiger partial charge on any atom is 0.410 e. The summed E-state index contributed by atoms with van der Waals surface area (Å²) in [5.41, 5.74) is -0.0973. The zero-order chi connectivity index (χ0) is 19.5. The number of likely N-dealkylation sites (tertiary alicyclic amines) is 1. The van der Waals surface area contributed by atoms with Gasteiger partial charge >= 0.3 is 6.09 Å². The molecular formula is C18H25FN2O5. The van der Waals surface area contributed by atoms with Crippen molar-refractivity contribution in [3.05, 3.63) is 46.0 Å². The first-order valence-corrected chi connectivity index (χ1v) is 8.57. The molecule has 1 amide bonds. The van der Waals surface area contributed by atoms with Crippen LogP contribution in [-0.2, 0) is 11.2 Å². The minimum Gasteiger partial charge on any atom is -0.444 e. The molecule has 8 heteroatoms. The Kier molecular flexibility index (Phi) is 6.17. The molecule has 1 aliphatic heterocycles. The fourth-order valence-electron chi connectivity index (χ4n) is 3.10. The number of nitro groups is 1. The monoisotopic (exact) mass is 368 g/mol. The second-order valence-electron chi connectivity index (χ2n) is 7.57. The number of nitrogens with zero attached hydrogens (tertiary/aromatic N) is 2. The van der Waals surface area contributed by atoms with Crippen molar-refractivity contribution in [2.24, 2.45) is 0 Å². The van der Waals surface area contributed by atoms with Crippen molar-refractivity contribution in [1.82, 2.24) is 4.90 Å². The van der Waals surface area contributed by atoms with Crippen LogP contribution in [0.3, 0.4) is 0 Å². The Morgan fingerprint density at radius 1 is 1.42 bits per heavy atom. The Morgan fingerprint density at radius 3 is 2.58 bits per heavy atom. The number of halogens is 1. The molecule has 0 aliphatic carbocycles. The van der Waals surface area contributed by atoms with Gasteiger partial charge in [0.25, 0.3) is 0 Å². The fourth-order valence-corrected chi connectivity index (χ4v) is 3.10. The molecule has 2 unspecified atom stereocenters. The second-order valence-corrected chi connectivity index (χ2v) is 7.57. The number of benzene rings is 1. The van der Waals surface area contributed by atoms with E-state index in [1.54, 1.807) is 51.1 Å². The summed E-state index contributed by atoms with van der Waals surface area (Å²) < 4.78 is 19.2. The van der Waals surface area contributed by atoms with Gasteiger partial charge < -0.3 is 9.84 Å². The van der Waals surface area contributed by atoms with Crippen LogP contribution in [0.4, 0.5) is 9.18 Å². The Bertz CT molecular complexity index is 634. The van der Waals surface area contributed by atoms with E-state index in [0.29, 0.717) is 5.56 Å². The van der Waals surface area contributed by atoms with E-state index in [4.69, 9.17) is 4.74 Å². The van der Waals surface area contributed by atoms with E-state index in [9.17, 15) is 24.4 Å². The lowest BCUT2D eigenvalue weighted by molar-refractivity contribution is -0.535. The van der Waals surface area contributed by atoms with Gasteiger partial charge in [0.15, 0.2) is 0 Å². The van der Waals surface area contributed by atoms with Crippen LogP contribution in [0, 0.1) is 10.1 Å². The highest BCUT2D eigenvalue weighted by atomic mass is 19.1. The van der Waals surface area contributed by atoms with E-state index in [2.05, 4.69) is 0 Å². The number of rotatable bonds is 5. The van der Waals surface area contributed by atoms with Crippen molar-refractivity contribution in [1.29, 1.82) is 0 Å². The van der Waals surface area contributed by atoms with Gasteiger partial charge in [-0.25, -0.2) is 9.18 Å². The van der Waals surface area contributed by atoms with Crippen molar-refractivity contribution in [3.8, 4) is 0 Å². The Balaban J connectivity index is 2.18. The molecule has 0 aromatic heterocycles. The average Bonchev–Trinajstić information content (AvgIpc) is 2.93. The maximum atomic E-state index is 13.9. The largest absolute Gasteiger partial charge is 0.444 e.